The van der Waals surface area contributed by atoms with Crippen LogP contribution in [0.3, 0.4) is 0 Å². The zero-order chi connectivity index (χ0) is 10.7. The summed E-state index contributed by atoms with van der Waals surface area (Å²) in [6.07, 6.45) is 2.27. The first-order chi connectivity index (χ1) is 7.33. The van der Waals surface area contributed by atoms with Crippen molar-refractivity contribution in [1.29, 1.82) is 0 Å². The van der Waals surface area contributed by atoms with Crippen LogP contribution in [0.25, 0.3) is 0 Å². The first-order valence-corrected chi connectivity index (χ1v) is 5.36. The van der Waals surface area contributed by atoms with Gasteiger partial charge in [-0.2, -0.15) is 5.06 Å². The Morgan fingerprint density at radius 2 is 2.13 bits per heavy atom. The molecule has 3 nitrogen and oxygen atoms in total. The molecule has 0 radical (unpaired) electrons. The first kappa shape index (κ1) is 10.2. The minimum atomic E-state index is 0.0575. The molecule has 3 heteroatoms. The van der Waals surface area contributed by atoms with Gasteiger partial charge in [-0.15, -0.1) is 0 Å². The van der Waals surface area contributed by atoms with E-state index in [1.54, 1.807) is 0 Å². The summed E-state index contributed by atoms with van der Waals surface area (Å²) in [6.45, 7) is 2.61. The molecule has 1 aromatic rings. The Bertz CT molecular complexity index is 362. The van der Waals surface area contributed by atoms with Gasteiger partial charge in [0, 0.05) is 6.42 Å². The summed E-state index contributed by atoms with van der Waals surface area (Å²) in [5, 5.41) is 1.45. The summed E-state index contributed by atoms with van der Waals surface area (Å²) in [7, 11) is 0. The van der Waals surface area contributed by atoms with Crippen molar-refractivity contribution in [2.24, 2.45) is 0 Å². The highest BCUT2D eigenvalue weighted by Gasteiger charge is 2.24. The fourth-order valence-electron chi connectivity index (χ4n) is 1.72. The number of para-hydroxylation sites is 1. The molecule has 0 N–H and O–H groups in total. The Morgan fingerprint density at radius 3 is 2.93 bits per heavy atom. The van der Waals surface area contributed by atoms with Crippen molar-refractivity contribution >= 4 is 11.6 Å². The van der Waals surface area contributed by atoms with Crippen LogP contribution in [0, 0.1) is 0 Å². The van der Waals surface area contributed by atoms with Gasteiger partial charge in [-0.3, -0.25) is 9.63 Å². The van der Waals surface area contributed by atoms with E-state index in [4.69, 9.17) is 4.84 Å². The van der Waals surface area contributed by atoms with E-state index >= 15 is 0 Å². The van der Waals surface area contributed by atoms with Crippen LogP contribution in [0.2, 0.25) is 0 Å². The van der Waals surface area contributed by atoms with Gasteiger partial charge in [-0.1, -0.05) is 25.1 Å². The Hall–Kier alpha value is -1.35. The molecular weight excluding hydrogens is 190 g/mol. The molecule has 15 heavy (non-hydrogen) atoms. The molecule has 1 aliphatic heterocycles. The minimum Gasteiger partial charge on any atom is -0.272 e. The number of nitrogens with zero attached hydrogens (tertiary/aromatic N) is 1. The van der Waals surface area contributed by atoms with Gasteiger partial charge < -0.3 is 0 Å². The number of aryl methyl sites for hydroxylation is 1. The molecule has 0 aliphatic carbocycles. The van der Waals surface area contributed by atoms with Gasteiger partial charge in [0.2, 0.25) is 0 Å². The fourth-order valence-corrected chi connectivity index (χ4v) is 1.72. The van der Waals surface area contributed by atoms with Crippen LogP contribution in [-0.2, 0) is 16.1 Å². The Morgan fingerprint density at radius 1 is 1.33 bits per heavy atom. The predicted molar refractivity (Wildman–Crippen MR) is 58.5 cm³/mol. The third-order valence-electron chi connectivity index (χ3n) is 2.47. The zero-order valence-corrected chi connectivity index (χ0v) is 8.90. The number of hydroxylamine groups is 1. The quantitative estimate of drug-likeness (QED) is 0.757. The zero-order valence-electron chi connectivity index (χ0n) is 8.90. The van der Waals surface area contributed by atoms with Crippen molar-refractivity contribution in [3.05, 3.63) is 29.8 Å². The van der Waals surface area contributed by atoms with Gasteiger partial charge in [-0.05, 0) is 24.5 Å². The van der Waals surface area contributed by atoms with Crippen LogP contribution in [-0.4, -0.2) is 12.5 Å². The molecule has 1 aromatic carbocycles. The maximum Gasteiger partial charge on any atom is 0.251 e. The van der Waals surface area contributed by atoms with Crippen LogP contribution in [0.1, 0.15) is 25.3 Å². The average Bonchev–Trinajstić information content (AvgIpc) is 2.28. The van der Waals surface area contributed by atoms with Crippen LogP contribution in [0.15, 0.2) is 24.3 Å². The third kappa shape index (κ3) is 2.02. The van der Waals surface area contributed by atoms with Gasteiger partial charge in [0.05, 0.1) is 12.3 Å². The molecule has 0 aromatic heterocycles. The van der Waals surface area contributed by atoms with Crippen molar-refractivity contribution in [2.75, 3.05) is 11.7 Å². The van der Waals surface area contributed by atoms with Crippen LogP contribution >= 0.6 is 0 Å². The van der Waals surface area contributed by atoms with E-state index in [1.165, 1.54) is 10.6 Å². The van der Waals surface area contributed by atoms with E-state index in [0.29, 0.717) is 13.0 Å². The number of fused-ring (bicyclic) bond motifs is 1. The maximum absolute atomic E-state index is 11.7. The largest absolute Gasteiger partial charge is 0.272 e. The number of amides is 1. The van der Waals surface area contributed by atoms with Crippen molar-refractivity contribution in [3.63, 3.8) is 0 Å². The number of rotatable bonds is 3. The molecular formula is C12H15NO2. The van der Waals surface area contributed by atoms with Gasteiger partial charge in [0.15, 0.2) is 0 Å². The summed E-state index contributed by atoms with van der Waals surface area (Å²) in [6, 6.07) is 7.90. The van der Waals surface area contributed by atoms with E-state index < -0.39 is 0 Å². The highest BCUT2D eigenvalue weighted by Crippen LogP contribution is 2.27. The lowest BCUT2D eigenvalue weighted by Crippen LogP contribution is -2.35. The summed E-state index contributed by atoms with van der Waals surface area (Å²) in [5.74, 6) is 0.0575. The van der Waals surface area contributed by atoms with E-state index in [2.05, 4.69) is 0 Å². The number of anilines is 1. The maximum atomic E-state index is 11.7. The van der Waals surface area contributed by atoms with E-state index in [9.17, 15) is 4.79 Å². The molecule has 0 saturated heterocycles. The summed E-state index contributed by atoms with van der Waals surface area (Å²) >= 11 is 0. The second-order valence-corrected chi connectivity index (χ2v) is 3.65. The van der Waals surface area contributed by atoms with E-state index in [1.807, 2.05) is 31.2 Å². The highest BCUT2D eigenvalue weighted by molar-refractivity contribution is 5.94. The van der Waals surface area contributed by atoms with Gasteiger partial charge in [0.25, 0.3) is 5.91 Å². The minimum absolute atomic E-state index is 0.0575. The number of carbonyl (C=O) groups excluding carboxylic acids is 1. The van der Waals surface area contributed by atoms with Crippen molar-refractivity contribution in [3.8, 4) is 0 Å². The first-order valence-electron chi connectivity index (χ1n) is 5.36. The Balaban J connectivity index is 2.25. The Kier molecular flexibility index (Phi) is 3.02. The molecule has 0 spiro atoms. The molecule has 1 amide bonds. The molecule has 80 valence electrons. The number of hydrogen-bond acceptors (Lipinski definition) is 2. The summed E-state index contributed by atoms with van der Waals surface area (Å²) < 4.78 is 0. The second-order valence-electron chi connectivity index (χ2n) is 3.65. The monoisotopic (exact) mass is 205 g/mol. The van der Waals surface area contributed by atoms with Gasteiger partial charge in [-0.25, -0.2) is 0 Å². The topological polar surface area (TPSA) is 29.5 Å². The molecule has 0 bridgehead atoms. The average molecular weight is 205 g/mol. The third-order valence-corrected chi connectivity index (χ3v) is 2.47. The molecule has 0 fully saturated rings. The van der Waals surface area contributed by atoms with Crippen molar-refractivity contribution < 1.29 is 9.63 Å². The van der Waals surface area contributed by atoms with E-state index in [0.717, 1.165) is 18.5 Å². The van der Waals surface area contributed by atoms with E-state index in [-0.39, 0.29) is 5.91 Å². The molecule has 0 atom stereocenters. The number of carbonyl (C=O) groups is 1. The van der Waals surface area contributed by atoms with Crippen LogP contribution in [0.4, 0.5) is 5.69 Å². The fraction of sp³-hybridized carbons (Fsp3) is 0.417. The SMILES string of the molecule is CCCON1C(=O)CCc2ccccc21. The smallest absolute Gasteiger partial charge is 0.251 e. The van der Waals surface area contributed by atoms with Crippen molar-refractivity contribution in [2.45, 2.75) is 26.2 Å². The number of benzene rings is 1. The summed E-state index contributed by atoms with van der Waals surface area (Å²) in [5.41, 5.74) is 2.09. The van der Waals surface area contributed by atoms with Gasteiger partial charge >= 0.3 is 0 Å². The molecule has 0 unspecified atom stereocenters. The predicted octanol–water partition coefficient (Wildman–Crippen LogP) is 2.31. The number of hydrogen-bond donors (Lipinski definition) is 0. The lowest BCUT2D eigenvalue weighted by Gasteiger charge is -2.27. The lowest BCUT2D eigenvalue weighted by atomic mass is 10.0. The van der Waals surface area contributed by atoms with Gasteiger partial charge in [0.1, 0.15) is 0 Å². The lowest BCUT2D eigenvalue weighted by molar-refractivity contribution is -0.126. The molecule has 2 rings (SSSR count). The molecule has 0 saturated carbocycles. The molecule has 1 aliphatic rings. The van der Waals surface area contributed by atoms with Crippen LogP contribution < -0.4 is 5.06 Å². The van der Waals surface area contributed by atoms with Crippen LogP contribution in [0.5, 0.6) is 0 Å². The van der Waals surface area contributed by atoms with Crippen molar-refractivity contribution in [1.82, 2.24) is 0 Å². The highest BCUT2D eigenvalue weighted by atomic mass is 16.7. The Labute approximate surface area is 89.6 Å². The standard InChI is InChI=1S/C12H15NO2/c1-2-9-15-13-11-6-4-3-5-10(11)7-8-12(13)14/h3-6H,2,7-9H2,1H3. The molecule has 1 heterocycles. The second kappa shape index (κ2) is 4.45. The summed E-state index contributed by atoms with van der Waals surface area (Å²) in [4.78, 5) is 17.1. The normalized spacial score (nSPS) is 15.3.